The number of rotatable bonds is 5. The highest BCUT2D eigenvalue weighted by Crippen LogP contribution is 2.18. The van der Waals surface area contributed by atoms with Gasteiger partial charge in [-0.15, -0.1) is 0 Å². The van der Waals surface area contributed by atoms with E-state index in [0.717, 1.165) is 28.8 Å². The van der Waals surface area contributed by atoms with E-state index in [1.54, 1.807) is 0 Å². The highest BCUT2D eigenvalue weighted by molar-refractivity contribution is 9.10. The molecule has 2 aromatic rings. The monoisotopic (exact) mass is 380 g/mol. The van der Waals surface area contributed by atoms with E-state index in [4.69, 9.17) is 12.2 Å². The average Bonchev–Trinajstić information content (AvgIpc) is 2.88. The minimum Gasteiger partial charge on any atom is -0.346 e. The van der Waals surface area contributed by atoms with Crippen LogP contribution < -0.4 is 5.32 Å². The third-order valence-electron chi connectivity index (χ3n) is 3.54. The van der Waals surface area contributed by atoms with Crippen LogP contribution in [0.4, 0.5) is 5.69 Å². The van der Waals surface area contributed by atoms with Crippen molar-refractivity contribution in [2.75, 3.05) is 12.4 Å². The zero-order chi connectivity index (χ0) is 16.1. The Kier molecular flexibility index (Phi) is 5.97. The minimum atomic E-state index is 0.694. The normalized spacial score (nSPS) is 10.5. The Labute approximate surface area is 145 Å². The zero-order valence-electron chi connectivity index (χ0n) is 13.1. The van der Waals surface area contributed by atoms with Crippen LogP contribution in [0.5, 0.6) is 0 Å². The predicted molar refractivity (Wildman–Crippen MR) is 99.1 cm³/mol. The maximum Gasteiger partial charge on any atom is 0.173 e. The van der Waals surface area contributed by atoms with Crippen molar-refractivity contribution >= 4 is 38.9 Å². The number of anilines is 1. The van der Waals surface area contributed by atoms with E-state index in [-0.39, 0.29) is 0 Å². The van der Waals surface area contributed by atoms with Gasteiger partial charge in [0.25, 0.3) is 0 Å². The fourth-order valence-corrected chi connectivity index (χ4v) is 2.76. The summed E-state index contributed by atoms with van der Waals surface area (Å²) in [6, 6.07) is 8.36. The maximum atomic E-state index is 5.49. The van der Waals surface area contributed by atoms with Crippen LogP contribution in [0, 0.1) is 0 Å². The lowest BCUT2D eigenvalue weighted by Crippen LogP contribution is -2.31. The smallest absolute Gasteiger partial charge is 0.173 e. The van der Waals surface area contributed by atoms with Gasteiger partial charge >= 0.3 is 0 Å². The van der Waals surface area contributed by atoms with Gasteiger partial charge in [-0.3, -0.25) is 4.68 Å². The van der Waals surface area contributed by atoms with Crippen LogP contribution in [0.3, 0.4) is 0 Å². The molecule has 0 amide bonds. The molecule has 6 heteroatoms. The van der Waals surface area contributed by atoms with Crippen LogP contribution in [0.15, 0.2) is 34.9 Å². The molecule has 1 aromatic heterocycles. The highest BCUT2D eigenvalue weighted by Gasteiger charge is 2.12. The first-order valence-corrected chi connectivity index (χ1v) is 8.56. The van der Waals surface area contributed by atoms with Gasteiger partial charge in [0.05, 0.1) is 22.9 Å². The molecular weight excluding hydrogens is 360 g/mol. The Morgan fingerprint density at radius 3 is 2.59 bits per heavy atom. The predicted octanol–water partition coefficient (Wildman–Crippen LogP) is 4.06. The second kappa shape index (κ2) is 7.74. The van der Waals surface area contributed by atoms with Crippen LogP contribution in [-0.4, -0.2) is 26.8 Å². The van der Waals surface area contributed by atoms with Gasteiger partial charge in [-0.05, 0) is 59.2 Å². The lowest BCUT2D eigenvalue weighted by Gasteiger charge is -2.22. The Bertz CT molecular complexity index is 636. The summed E-state index contributed by atoms with van der Waals surface area (Å²) in [7, 11) is 1.98. The summed E-state index contributed by atoms with van der Waals surface area (Å²) in [6.45, 7) is 5.77. The van der Waals surface area contributed by atoms with Crippen molar-refractivity contribution in [1.82, 2.24) is 14.7 Å². The molecule has 22 heavy (non-hydrogen) atoms. The van der Waals surface area contributed by atoms with Crippen LogP contribution in [0.25, 0.3) is 0 Å². The van der Waals surface area contributed by atoms with Gasteiger partial charge in [-0.25, -0.2) is 0 Å². The molecule has 0 unspecified atom stereocenters. The largest absolute Gasteiger partial charge is 0.346 e. The number of hydrogen-bond acceptors (Lipinski definition) is 2. The van der Waals surface area contributed by atoms with E-state index in [2.05, 4.69) is 64.5 Å². The summed E-state index contributed by atoms with van der Waals surface area (Å²) in [5, 5.41) is 8.30. The van der Waals surface area contributed by atoms with Crippen molar-refractivity contribution in [3.05, 3.63) is 46.2 Å². The molecule has 0 aliphatic carbocycles. The van der Waals surface area contributed by atoms with Crippen molar-refractivity contribution in [2.24, 2.45) is 0 Å². The summed E-state index contributed by atoms with van der Waals surface area (Å²) in [4.78, 5) is 2.01. The second-order valence-corrected chi connectivity index (χ2v) is 6.33. The number of aryl methyl sites for hydroxylation is 2. The Hall–Kier alpha value is -1.40. The number of benzene rings is 1. The molecule has 0 saturated carbocycles. The average molecular weight is 381 g/mol. The van der Waals surface area contributed by atoms with Crippen LogP contribution in [0.2, 0.25) is 0 Å². The molecule has 0 bridgehead atoms. The third-order valence-corrected chi connectivity index (χ3v) is 4.62. The summed E-state index contributed by atoms with van der Waals surface area (Å²) in [5.74, 6) is 0. The van der Waals surface area contributed by atoms with E-state index in [0.29, 0.717) is 11.7 Å². The number of nitrogens with zero attached hydrogens (tertiary/aromatic N) is 3. The number of aromatic nitrogens is 2. The lowest BCUT2D eigenvalue weighted by atomic mass is 10.1. The Morgan fingerprint density at radius 1 is 1.32 bits per heavy atom. The van der Waals surface area contributed by atoms with Gasteiger partial charge in [-0.1, -0.05) is 19.1 Å². The first-order chi connectivity index (χ1) is 10.5. The van der Waals surface area contributed by atoms with Crippen molar-refractivity contribution in [1.29, 1.82) is 0 Å². The minimum absolute atomic E-state index is 0.694. The molecule has 0 spiro atoms. The van der Waals surface area contributed by atoms with E-state index in [1.165, 1.54) is 5.56 Å². The van der Waals surface area contributed by atoms with Crippen molar-refractivity contribution in [3.8, 4) is 0 Å². The molecule has 0 aliphatic rings. The maximum absolute atomic E-state index is 5.49. The standard InChI is InChI=1S/C16H21BrN4S/c1-4-12-6-8-13(9-7-12)19-16(22)20(3)11-15-14(17)10-18-21(15)5-2/h6-10H,4-5,11H2,1-3H3,(H,19,22). The molecule has 0 radical (unpaired) electrons. The molecule has 1 aromatic carbocycles. The van der Waals surface area contributed by atoms with Gasteiger partial charge in [0.15, 0.2) is 5.11 Å². The number of nitrogens with one attached hydrogen (secondary N) is 1. The Balaban J connectivity index is 2.00. The number of hydrogen-bond donors (Lipinski definition) is 1. The SMILES string of the molecule is CCc1ccc(NC(=S)N(C)Cc2c(Br)cnn2CC)cc1. The van der Waals surface area contributed by atoms with E-state index >= 15 is 0 Å². The molecule has 1 N–H and O–H groups in total. The topological polar surface area (TPSA) is 33.1 Å². The number of halogens is 1. The van der Waals surface area contributed by atoms with Crippen molar-refractivity contribution < 1.29 is 0 Å². The molecule has 1 heterocycles. The van der Waals surface area contributed by atoms with Gasteiger partial charge < -0.3 is 10.2 Å². The zero-order valence-corrected chi connectivity index (χ0v) is 15.5. The van der Waals surface area contributed by atoms with Gasteiger partial charge in [0.2, 0.25) is 0 Å². The lowest BCUT2D eigenvalue weighted by molar-refractivity contribution is 0.470. The first-order valence-electron chi connectivity index (χ1n) is 7.36. The van der Waals surface area contributed by atoms with Crippen molar-refractivity contribution in [3.63, 3.8) is 0 Å². The summed E-state index contributed by atoms with van der Waals surface area (Å²) < 4.78 is 2.98. The quantitative estimate of drug-likeness (QED) is 0.792. The molecule has 2 rings (SSSR count). The van der Waals surface area contributed by atoms with Crippen molar-refractivity contribution in [2.45, 2.75) is 33.4 Å². The first kappa shape index (κ1) is 17.0. The summed E-state index contributed by atoms with van der Waals surface area (Å²) in [6.07, 6.45) is 2.87. The third kappa shape index (κ3) is 4.08. The van der Waals surface area contributed by atoms with E-state index in [9.17, 15) is 0 Å². The molecule has 4 nitrogen and oxygen atoms in total. The van der Waals surface area contributed by atoms with E-state index in [1.807, 2.05) is 22.8 Å². The van der Waals surface area contributed by atoms with Gasteiger partial charge in [0, 0.05) is 19.3 Å². The van der Waals surface area contributed by atoms with Crippen LogP contribution >= 0.6 is 28.1 Å². The molecule has 0 atom stereocenters. The second-order valence-electron chi connectivity index (χ2n) is 5.09. The Morgan fingerprint density at radius 2 is 2.00 bits per heavy atom. The number of thiocarbonyl (C=S) groups is 1. The van der Waals surface area contributed by atoms with Gasteiger partial charge in [0.1, 0.15) is 0 Å². The molecule has 0 aliphatic heterocycles. The molecular formula is C16H21BrN4S. The summed E-state index contributed by atoms with van der Waals surface area (Å²) >= 11 is 9.03. The van der Waals surface area contributed by atoms with E-state index < -0.39 is 0 Å². The molecule has 0 fully saturated rings. The molecule has 118 valence electrons. The summed E-state index contributed by atoms with van der Waals surface area (Å²) in [5.41, 5.74) is 3.45. The van der Waals surface area contributed by atoms with Crippen LogP contribution in [0.1, 0.15) is 25.1 Å². The molecule has 0 saturated heterocycles. The van der Waals surface area contributed by atoms with Crippen LogP contribution in [-0.2, 0) is 19.5 Å². The fraction of sp³-hybridized carbons (Fsp3) is 0.375. The highest BCUT2D eigenvalue weighted by atomic mass is 79.9. The van der Waals surface area contributed by atoms with Gasteiger partial charge in [-0.2, -0.15) is 5.10 Å². The fourth-order valence-electron chi connectivity index (χ4n) is 2.16.